The molecule has 2 aromatic carbocycles. The highest BCUT2D eigenvalue weighted by atomic mass is 19.1. The highest BCUT2D eigenvalue weighted by Crippen LogP contribution is 2.29. The molecule has 9 nitrogen and oxygen atoms in total. The monoisotopic (exact) mass is 428 g/mol. The number of nitrogens with one attached hydrogen (secondary N) is 1. The molecule has 1 saturated heterocycles. The Kier molecular flexibility index (Phi) is 6.28. The van der Waals surface area contributed by atoms with Gasteiger partial charge in [-0.15, -0.1) is 0 Å². The Labute approximate surface area is 177 Å². The minimum atomic E-state index is -0.993. The molecule has 1 heterocycles. The second kappa shape index (κ2) is 8.90. The van der Waals surface area contributed by atoms with Crippen molar-refractivity contribution in [1.82, 2.24) is 10.2 Å². The number of hydrogen-bond donors (Lipinski definition) is 1. The average molecular weight is 428 g/mol. The maximum atomic E-state index is 13.5. The van der Waals surface area contributed by atoms with Crippen molar-refractivity contribution < 1.29 is 23.7 Å². The molecular formula is C21H21FN4O5. The van der Waals surface area contributed by atoms with E-state index in [9.17, 15) is 28.9 Å². The maximum absolute atomic E-state index is 13.5. The molecule has 1 fully saturated rings. The number of nitro benzene ring substituents is 1. The second-order valence-corrected chi connectivity index (χ2v) is 7.41. The van der Waals surface area contributed by atoms with Crippen molar-refractivity contribution in [2.24, 2.45) is 5.92 Å². The topological polar surface area (TPSA) is 113 Å². The van der Waals surface area contributed by atoms with Crippen LogP contribution in [0.4, 0.5) is 15.8 Å². The van der Waals surface area contributed by atoms with E-state index in [0.29, 0.717) is 5.56 Å². The summed E-state index contributed by atoms with van der Waals surface area (Å²) in [7, 11) is 3.32. The Morgan fingerprint density at radius 3 is 2.52 bits per heavy atom. The van der Waals surface area contributed by atoms with Crippen LogP contribution in [-0.4, -0.2) is 48.2 Å². The predicted octanol–water partition coefficient (Wildman–Crippen LogP) is 2.10. The molecule has 0 saturated carbocycles. The zero-order valence-electron chi connectivity index (χ0n) is 17.0. The second-order valence-electron chi connectivity index (χ2n) is 7.41. The molecule has 1 unspecified atom stereocenters. The van der Waals surface area contributed by atoms with Crippen LogP contribution in [0.5, 0.6) is 0 Å². The van der Waals surface area contributed by atoms with Crippen LogP contribution >= 0.6 is 0 Å². The van der Waals surface area contributed by atoms with Gasteiger partial charge in [0.2, 0.25) is 17.6 Å². The predicted molar refractivity (Wildman–Crippen MR) is 110 cm³/mol. The third-order valence-electron chi connectivity index (χ3n) is 5.01. The van der Waals surface area contributed by atoms with Crippen LogP contribution in [-0.2, 0) is 16.1 Å². The van der Waals surface area contributed by atoms with Gasteiger partial charge in [-0.2, -0.15) is 4.39 Å². The zero-order chi connectivity index (χ0) is 22.7. The standard InChI is InChI=1S/C21H21FN4O5/c1-24(2)21(29)14-5-3-13(4-6-14)11-23-20(28)15-9-19(27)25(12-15)16-7-8-17(22)18(10-16)26(30)31/h3-8,10,15H,9,11-12H2,1-2H3,(H,23,28). The van der Waals surface area contributed by atoms with Crippen molar-refractivity contribution in [3.05, 3.63) is 69.5 Å². The summed E-state index contributed by atoms with van der Waals surface area (Å²) in [6.45, 7) is 0.270. The molecule has 1 aliphatic heterocycles. The number of amides is 3. The van der Waals surface area contributed by atoms with Gasteiger partial charge in [0.15, 0.2) is 0 Å². The first-order valence-corrected chi connectivity index (χ1v) is 9.50. The van der Waals surface area contributed by atoms with Gasteiger partial charge in [-0.1, -0.05) is 12.1 Å². The van der Waals surface area contributed by atoms with E-state index in [2.05, 4.69) is 5.32 Å². The van der Waals surface area contributed by atoms with Gasteiger partial charge in [0.1, 0.15) is 0 Å². The summed E-state index contributed by atoms with van der Waals surface area (Å²) in [4.78, 5) is 49.5. The van der Waals surface area contributed by atoms with Crippen LogP contribution in [0, 0.1) is 21.8 Å². The molecule has 0 bridgehead atoms. The Morgan fingerprint density at radius 2 is 1.90 bits per heavy atom. The largest absolute Gasteiger partial charge is 0.352 e. The Bertz CT molecular complexity index is 1040. The quantitative estimate of drug-likeness (QED) is 0.559. The molecule has 1 aliphatic rings. The van der Waals surface area contributed by atoms with Crippen molar-refractivity contribution in [2.45, 2.75) is 13.0 Å². The number of carbonyl (C=O) groups is 3. The summed E-state index contributed by atoms with van der Waals surface area (Å²) in [5.74, 6) is -2.45. The molecule has 3 amide bonds. The maximum Gasteiger partial charge on any atom is 0.306 e. The van der Waals surface area contributed by atoms with Crippen molar-refractivity contribution in [3.63, 3.8) is 0 Å². The highest BCUT2D eigenvalue weighted by molar-refractivity contribution is 6.00. The van der Waals surface area contributed by atoms with E-state index in [1.807, 2.05) is 0 Å². The van der Waals surface area contributed by atoms with E-state index in [4.69, 9.17) is 0 Å². The minimum absolute atomic E-state index is 0.0454. The number of nitrogens with zero attached hydrogens (tertiary/aromatic N) is 3. The van der Waals surface area contributed by atoms with E-state index < -0.39 is 22.3 Å². The molecule has 0 aliphatic carbocycles. The number of hydrogen-bond acceptors (Lipinski definition) is 5. The van der Waals surface area contributed by atoms with E-state index in [1.54, 1.807) is 38.4 Å². The van der Waals surface area contributed by atoms with Crippen LogP contribution in [0.3, 0.4) is 0 Å². The van der Waals surface area contributed by atoms with E-state index >= 15 is 0 Å². The minimum Gasteiger partial charge on any atom is -0.352 e. The van der Waals surface area contributed by atoms with Gasteiger partial charge in [0.05, 0.1) is 16.5 Å². The Balaban J connectivity index is 1.61. The van der Waals surface area contributed by atoms with Gasteiger partial charge in [-0.05, 0) is 29.8 Å². The van der Waals surface area contributed by atoms with Crippen LogP contribution in [0.2, 0.25) is 0 Å². The number of benzene rings is 2. The first-order chi connectivity index (χ1) is 14.7. The summed E-state index contributed by atoms with van der Waals surface area (Å²) in [5, 5.41) is 13.7. The van der Waals surface area contributed by atoms with Gasteiger partial charge in [-0.25, -0.2) is 0 Å². The number of nitro groups is 1. The zero-order valence-corrected chi connectivity index (χ0v) is 17.0. The highest BCUT2D eigenvalue weighted by Gasteiger charge is 2.35. The van der Waals surface area contributed by atoms with Crippen LogP contribution in [0.1, 0.15) is 22.3 Å². The van der Waals surface area contributed by atoms with Gasteiger partial charge < -0.3 is 15.1 Å². The first kappa shape index (κ1) is 21.9. The summed E-state index contributed by atoms with van der Waals surface area (Å²) in [6.07, 6.45) is -0.0483. The fourth-order valence-corrected chi connectivity index (χ4v) is 3.30. The van der Waals surface area contributed by atoms with Gasteiger partial charge >= 0.3 is 5.69 Å². The van der Waals surface area contributed by atoms with E-state index in [-0.39, 0.29) is 42.9 Å². The van der Waals surface area contributed by atoms with Crippen molar-refractivity contribution in [1.29, 1.82) is 0 Å². The van der Waals surface area contributed by atoms with Crippen LogP contribution in [0.25, 0.3) is 0 Å². The molecule has 0 radical (unpaired) electrons. The fraction of sp³-hybridized carbons (Fsp3) is 0.286. The lowest BCUT2D eigenvalue weighted by atomic mass is 10.1. The molecular weight excluding hydrogens is 407 g/mol. The number of halogens is 1. The number of rotatable bonds is 6. The van der Waals surface area contributed by atoms with Gasteiger partial charge in [-0.3, -0.25) is 24.5 Å². The molecule has 0 spiro atoms. The molecule has 1 atom stereocenters. The molecule has 0 aromatic heterocycles. The Morgan fingerprint density at radius 1 is 1.23 bits per heavy atom. The summed E-state index contributed by atoms with van der Waals surface area (Å²) in [6, 6.07) is 10.0. The lowest BCUT2D eigenvalue weighted by Gasteiger charge is -2.16. The van der Waals surface area contributed by atoms with Crippen LogP contribution in [0.15, 0.2) is 42.5 Å². The van der Waals surface area contributed by atoms with Crippen molar-refractivity contribution >= 4 is 29.1 Å². The number of carbonyl (C=O) groups excluding carboxylic acids is 3. The fourth-order valence-electron chi connectivity index (χ4n) is 3.30. The van der Waals surface area contributed by atoms with E-state index in [1.165, 1.54) is 15.9 Å². The molecule has 162 valence electrons. The summed E-state index contributed by atoms with van der Waals surface area (Å²) < 4.78 is 13.5. The third kappa shape index (κ3) is 4.85. The lowest BCUT2D eigenvalue weighted by Crippen LogP contribution is -2.32. The normalized spacial score (nSPS) is 15.6. The summed E-state index contributed by atoms with van der Waals surface area (Å²) in [5.41, 5.74) is 0.772. The molecule has 31 heavy (non-hydrogen) atoms. The van der Waals surface area contributed by atoms with E-state index in [0.717, 1.165) is 17.7 Å². The smallest absolute Gasteiger partial charge is 0.306 e. The average Bonchev–Trinajstić information content (AvgIpc) is 3.13. The van der Waals surface area contributed by atoms with Gasteiger partial charge in [0.25, 0.3) is 5.91 Å². The Hall–Kier alpha value is -3.82. The molecule has 2 aromatic rings. The first-order valence-electron chi connectivity index (χ1n) is 9.50. The van der Waals surface area contributed by atoms with Crippen LogP contribution < -0.4 is 10.2 Å². The van der Waals surface area contributed by atoms with Crippen molar-refractivity contribution in [2.75, 3.05) is 25.5 Å². The number of anilines is 1. The van der Waals surface area contributed by atoms with Gasteiger partial charge in [0, 0.05) is 45.2 Å². The molecule has 3 rings (SSSR count). The lowest BCUT2D eigenvalue weighted by molar-refractivity contribution is -0.387. The third-order valence-corrected chi connectivity index (χ3v) is 5.01. The molecule has 10 heteroatoms. The molecule has 1 N–H and O–H groups in total. The van der Waals surface area contributed by atoms with Crippen molar-refractivity contribution in [3.8, 4) is 0 Å². The SMILES string of the molecule is CN(C)C(=O)c1ccc(CNC(=O)C2CC(=O)N(c3ccc(F)c([N+](=O)[O-])c3)C2)cc1. The summed E-state index contributed by atoms with van der Waals surface area (Å²) >= 11 is 0.